The Kier molecular flexibility index (Phi) is 6.67. The standard InChI is InChI=1S/C20H26N2O2/c1-4-5-16-6-12-19(13-7-16)24-14-21-20(23)22-18-10-8-17(9-11-18)15(2)3/h6-13,15H,4-5,14H2,1-3H3,(H2,21,22,23). The van der Waals surface area contributed by atoms with Crippen LogP contribution in [-0.4, -0.2) is 12.8 Å². The molecule has 0 radical (unpaired) electrons. The second kappa shape index (κ2) is 8.96. The first-order chi connectivity index (χ1) is 11.6. The maximum absolute atomic E-state index is 11.9. The van der Waals surface area contributed by atoms with Gasteiger partial charge in [0.25, 0.3) is 0 Å². The zero-order valence-electron chi connectivity index (χ0n) is 14.6. The number of benzene rings is 2. The molecule has 2 aromatic carbocycles. The predicted molar refractivity (Wildman–Crippen MR) is 98.6 cm³/mol. The number of rotatable bonds is 7. The summed E-state index contributed by atoms with van der Waals surface area (Å²) in [5.74, 6) is 1.22. The van der Waals surface area contributed by atoms with Crippen LogP contribution in [0.2, 0.25) is 0 Å². The molecule has 0 aliphatic carbocycles. The highest BCUT2D eigenvalue weighted by molar-refractivity contribution is 5.89. The van der Waals surface area contributed by atoms with Gasteiger partial charge in [-0.15, -0.1) is 0 Å². The van der Waals surface area contributed by atoms with E-state index in [2.05, 4.69) is 43.5 Å². The normalized spacial score (nSPS) is 10.5. The Labute approximate surface area is 144 Å². The molecule has 2 rings (SSSR count). The molecule has 24 heavy (non-hydrogen) atoms. The van der Waals surface area contributed by atoms with Crippen molar-refractivity contribution in [3.05, 3.63) is 59.7 Å². The Hall–Kier alpha value is -2.49. The third kappa shape index (κ3) is 5.61. The first-order valence-electron chi connectivity index (χ1n) is 8.45. The maximum atomic E-state index is 11.9. The van der Waals surface area contributed by atoms with E-state index in [0.717, 1.165) is 24.3 Å². The Balaban J connectivity index is 1.74. The number of hydrogen-bond acceptors (Lipinski definition) is 2. The van der Waals surface area contributed by atoms with Crippen LogP contribution in [0.1, 0.15) is 44.2 Å². The summed E-state index contributed by atoms with van der Waals surface area (Å²) in [4.78, 5) is 11.9. The van der Waals surface area contributed by atoms with Gasteiger partial charge in [-0.1, -0.05) is 51.5 Å². The van der Waals surface area contributed by atoms with Crippen molar-refractivity contribution >= 4 is 11.7 Å². The van der Waals surface area contributed by atoms with E-state index in [4.69, 9.17) is 4.74 Å². The van der Waals surface area contributed by atoms with Crippen LogP contribution < -0.4 is 15.4 Å². The largest absolute Gasteiger partial charge is 0.473 e. The minimum atomic E-state index is -0.282. The summed E-state index contributed by atoms with van der Waals surface area (Å²) in [5.41, 5.74) is 3.30. The van der Waals surface area contributed by atoms with Gasteiger partial charge in [-0.25, -0.2) is 4.79 Å². The molecule has 4 nitrogen and oxygen atoms in total. The fourth-order valence-electron chi connectivity index (χ4n) is 2.35. The number of carbonyl (C=O) groups is 1. The van der Waals surface area contributed by atoms with E-state index in [1.54, 1.807) is 0 Å². The Morgan fingerprint density at radius 1 is 1.04 bits per heavy atom. The summed E-state index contributed by atoms with van der Waals surface area (Å²) >= 11 is 0. The van der Waals surface area contributed by atoms with Crippen LogP contribution in [0, 0.1) is 0 Å². The van der Waals surface area contributed by atoms with E-state index in [1.165, 1.54) is 11.1 Å². The molecule has 2 N–H and O–H groups in total. The smallest absolute Gasteiger partial charge is 0.321 e. The fraction of sp³-hybridized carbons (Fsp3) is 0.350. The van der Waals surface area contributed by atoms with E-state index in [-0.39, 0.29) is 12.8 Å². The van der Waals surface area contributed by atoms with Gasteiger partial charge in [0.05, 0.1) is 0 Å². The minimum absolute atomic E-state index is 0.128. The van der Waals surface area contributed by atoms with E-state index in [9.17, 15) is 4.79 Å². The minimum Gasteiger partial charge on any atom is -0.473 e. The van der Waals surface area contributed by atoms with Crippen molar-refractivity contribution in [3.63, 3.8) is 0 Å². The quantitative estimate of drug-likeness (QED) is 0.710. The number of urea groups is 1. The van der Waals surface area contributed by atoms with Gasteiger partial charge in [0.1, 0.15) is 5.75 Å². The van der Waals surface area contributed by atoms with Crippen molar-refractivity contribution in [1.29, 1.82) is 0 Å². The van der Waals surface area contributed by atoms with Gasteiger partial charge in [-0.3, -0.25) is 0 Å². The molecule has 0 aliphatic rings. The van der Waals surface area contributed by atoms with Crippen molar-refractivity contribution in [3.8, 4) is 5.75 Å². The van der Waals surface area contributed by atoms with Crippen molar-refractivity contribution in [1.82, 2.24) is 5.32 Å². The van der Waals surface area contributed by atoms with Gasteiger partial charge in [0, 0.05) is 5.69 Å². The number of amides is 2. The molecule has 128 valence electrons. The molecule has 0 aliphatic heterocycles. The molecule has 0 bridgehead atoms. The van der Waals surface area contributed by atoms with Crippen LogP contribution in [0.15, 0.2) is 48.5 Å². The van der Waals surface area contributed by atoms with Crippen molar-refractivity contribution in [2.24, 2.45) is 0 Å². The molecule has 0 spiro atoms. The van der Waals surface area contributed by atoms with Gasteiger partial charge < -0.3 is 15.4 Å². The fourth-order valence-corrected chi connectivity index (χ4v) is 2.35. The van der Waals surface area contributed by atoms with Crippen molar-refractivity contribution in [2.45, 2.75) is 39.5 Å². The molecule has 0 saturated carbocycles. The van der Waals surface area contributed by atoms with Crippen LogP contribution in [0.3, 0.4) is 0 Å². The maximum Gasteiger partial charge on any atom is 0.321 e. The number of hydrogen-bond donors (Lipinski definition) is 2. The lowest BCUT2D eigenvalue weighted by molar-refractivity contribution is 0.234. The summed E-state index contributed by atoms with van der Waals surface area (Å²) in [6, 6.07) is 15.5. The Morgan fingerprint density at radius 2 is 1.71 bits per heavy atom. The lowest BCUT2D eigenvalue weighted by Crippen LogP contribution is -2.32. The number of carbonyl (C=O) groups excluding carboxylic acids is 1. The molecular formula is C20H26N2O2. The summed E-state index contributed by atoms with van der Waals surface area (Å²) in [7, 11) is 0. The Morgan fingerprint density at radius 3 is 2.29 bits per heavy atom. The highest BCUT2D eigenvalue weighted by atomic mass is 16.5. The second-order valence-corrected chi connectivity index (χ2v) is 6.09. The lowest BCUT2D eigenvalue weighted by atomic mass is 10.0. The highest BCUT2D eigenvalue weighted by Gasteiger charge is 2.03. The molecule has 0 fully saturated rings. The first kappa shape index (κ1) is 17.9. The van der Waals surface area contributed by atoms with Crippen LogP contribution >= 0.6 is 0 Å². The number of anilines is 1. The van der Waals surface area contributed by atoms with Crippen LogP contribution in [-0.2, 0) is 6.42 Å². The Bertz CT molecular complexity index is 634. The molecule has 2 aromatic rings. The van der Waals surface area contributed by atoms with Crippen molar-refractivity contribution in [2.75, 3.05) is 12.0 Å². The average molecular weight is 326 g/mol. The average Bonchev–Trinajstić information content (AvgIpc) is 2.57. The molecular weight excluding hydrogens is 300 g/mol. The zero-order valence-corrected chi connectivity index (χ0v) is 14.6. The third-order valence-corrected chi connectivity index (χ3v) is 3.77. The summed E-state index contributed by atoms with van der Waals surface area (Å²) in [5, 5.41) is 5.47. The summed E-state index contributed by atoms with van der Waals surface area (Å²) in [6.07, 6.45) is 2.19. The molecule has 0 saturated heterocycles. The van der Waals surface area contributed by atoms with E-state index in [1.807, 2.05) is 36.4 Å². The highest BCUT2D eigenvalue weighted by Crippen LogP contribution is 2.17. The van der Waals surface area contributed by atoms with Crippen molar-refractivity contribution < 1.29 is 9.53 Å². The topological polar surface area (TPSA) is 50.4 Å². The number of nitrogens with one attached hydrogen (secondary N) is 2. The van der Waals surface area contributed by atoms with Gasteiger partial charge in [0.2, 0.25) is 0 Å². The van der Waals surface area contributed by atoms with Gasteiger partial charge in [-0.2, -0.15) is 0 Å². The first-order valence-corrected chi connectivity index (χ1v) is 8.45. The molecule has 0 aromatic heterocycles. The summed E-state index contributed by atoms with van der Waals surface area (Å²) in [6.45, 7) is 6.56. The lowest BCUT2D eigenvalue weighted by Gasteiger charge is -2.11. The zero-order chi connectivity index (χ0) is 17.4. The van der Waals surface area contributed by atoms with E-state index >= 15 is 0 Å². The molecule has 0 unspecified atom stereocenters. The predicted octanol–water partition coefficient (Wildman–Crippen LogP) is 4.92. The molecule has 0 atom stereocenters. The van der Waals surface area contributed by atoms with Gasteiger partial charge >= 0.3 is 6.03 Å². The number of aryl methyl sites for hydroxylation is 1. The second-order valence-electron chi connectivity index (χ2n) is 6.09. The summed E-state index contributed by atoms with van der Waals surface area (Å²) < 4.78 is 5.53. The van der Waals surface area contributed by atoms with E-state index < -0.39 is 0 Å². The van der Waals surface area contributed by atoms with E-state index in [0.29, 0.717) is 5.92 Å². The van der Waals surface area contributed by atoms with Crippen LogP contribution in [0.4, 0.5) is 10.5 Å². The monoisotopic (exact) mass is 326 g/mol. The molecule has 4 heteroatoms. The molecule has 0 heterocycles. The SMILES string of the molecule is CCCc1ccc(OCNC(=O)Nc2ccc(C(C)C)cc2)cc1. The van der Waals surface area contributed by atoms with Gasteiger partial charge in [0.15, 0.2) is 6.73 Å². The van der Waals surface area contributed by atoms with Crippen LogP contribution in [0.5, 0.6) is 5.75 Å². The number of ether oxygens (including phenoxy) is 1. The molecule has 2 amide bonds. The van der Waals surface area contributed by atoms with Crippen LogP contribution in [0.25, 0.3) is 0 Å². The third-order valence-electron chi connectivity index (χ3n) is 3.77. The van der Waals surface area contributed by atoms with Gasteiger partial charge in [-0.05, 0) is 47.7 Å².